The Hall–Kier alpha value is -2.61. The number of carbonyl (C=O) groups excluding carboxylic acids is 2. The summed E-state index contributed by atoms with van der Waals surface area (Å²) in [6.45, 7) is 6.62. The third-order valence-corrected chi connectivity index (χ3v) is 4.95. The summed E-state index contributed by atoms with van der Waals surface area (Å²) in [6.07, 6.45) is 3.72. The fourth-order valence-corrected chi connectivity index (χ4v) is 3.33. The van der Waals surface area contributed by atoms with Crippen LogP contribution in [0.3, 0.4) is 0 Å². The Morgan fingerprint density at radius 1 is 1.44 bits per heavy atom. The van der Waals surface area contributed by atoms with E-state index in [4.69, 9.17) is 4.42 Å². The van der Waals surface area contributed by atoms with Crippen molar-refractivity contribution in [1.29, 1.82) is 0 Å². The second-order valence-corrected chi connectivity index (χ2v) is 6.86. The number of amides is 2. The smallest absolute Gasteiger partial charge is 0.237 e. The fourth-order valence-electron chi connectivity index (χ4n) is 3.33. The maximum Gasteiger partial charge on any atom is 0.237 e. The van der Waals surface area contributed by atoms with E-state index in [2.05, 4.69) is 10.3 Å². The van der Waals surface area contributed by atoms with E-state index in [1.165, 1.54) is 0 Å². The summed E-state index contributed by atoms with van der Waals surface area (Å²) >= 11 is 0. The van der Waals surface area contributed by atoms with Crippen LogP contribution in [0, 0.1) is 6.92 Å². The second kappa shape index (κ2) is 8.39. The normalized spacial score (nSPS) is 17.7. The van der Waals surface area contributed by atoms with E-state index in [1.807, 2.05) is 48.7 Å². The minimum absolute atomic E-state index is 0.0526. The molecule has 1 aliphatic rings. The van der Waals surface area contributed by atoms with Crippen LogP contribution in [0.1, 0.15) is 30.7 Å². The zero-order valence-electron chi connectivity index (χ0n) is 16.1. The molecular formula is C19H27N5O3. The molecule has 8 heteroatoms. The number of imidazole rings is 1. The highest BCUT2D eigenvalue weighted by molar-refractivity contribution is 5.88. The highest BCUT2D eigenvalue weighted by atomic mass is 16.3. The number of aryl methyl sites for hydroxylation is 2. The zero-order valence-corrected chi connectivity index (χ0v) is 16.1. The first-order chi connectivity index (χ1) is 13.0. The van der Waals surface area contributed by atoms with Gasteiger partial charge in [-0.1, -0.05) is 0 Å². The molecule has 2 amide bonds. The van der Waals surface area contributed by atoms with Crippen molar-refractivity contribution in [3.05, 3.63) is 41.9 Å². The summed E-state index contributed by atoms with van der Waals surface area (Å²) < 4.78 is 7.54. The Balaban J connectivity index is 1.68. The van der Waals surface area contributed by atoms with Crippen LogP contribution in [0.15, 0.2) is 28.9 Å². The molecule has 0 unspecified atom stereocenters. The number of carbonyl (C=O) groups is 2. The summed E-state index contributed by atoms with van der Waals surface area (Å²) in [6, 6.07) is 3.33. The Labute approximate surface area is 159 Å². The Morgan fingerprint density at radius 3 is 2.89 bits per heavy atom. The van der Waals surface area contributed by atoms with E-state index in [9.17, 15) is 9.59 Å². The van der Waals surface area contributed by atoms with Gasteiger partial charge in [-0.15, -0.1) is 0 Å². The number of hydrogen-bond donors (Lipinski definition) is 1. The van der Waals surface area contributed by atoms with Crippen LogP contribution in [0.25, 0.3) is 0 Å². The molecule has 0 spiro atoms. The maximum atomic E-state index is 12.9. The van der Waals surface area contributed by atoms with Crippen LogP contribution in [0.5, 0.6) is 0 Å². The minimum atomic E-state index is -0.493. The molecule has 146 valence electrons. The van der Waals surface area contributed by atoms with E-state index in [1.54, 1.807) is 11.1 Å². The lowest BCUT2D eigenvalue weighted by molar-refractivity contribution is -0.139. The van der Waals surface area contributed by atoms with Gasteiger partial charge in [-0.05, 0) is 26.0 Å². The van der Waals surface area contributed by atoms with Crippen LogP contribution in [-0.2, 0) is 29.7 Å². The van der Waals surface area contributed by atoms with Crippen molar-refractivity contribution >= 4 is 11.8 Å². The number of nitrogens with zero attached hydrogens (tertiary/aromatic N) is 4. The first kappa shape index (κ1) is 19.2. The molecule has 0 saturated carbocycles. The molecule has 0 bridgehead atoms. The Kier molecular flexibility index (Phi) is 5.95. The molecule has 0 aliphatic carbocycles. The van der Waals surface area contributed by atoms with Crippen LogP contribution >= 0.6 is 0 Å². The number of furan rings is 1. The van der Waals surface area contributed by atoms with Gasteiger partial charge in [0.1, 0.15) is 17.3 Å². The lowest BCUT2D eigenvalue weighted by Gasteiger charge is -2.35. The van der Waals surface area contributed by atoms with E-state index < -0.39 is 6.04 Å². The van der Waals surface area contributed by atoms with Crippen molar-refractivity contribution in [2.24, 2.45) is 7.05 Å². The van der Waals surface area contributed by atoms with E-state index >= 15 is 0 Å². The summed E-state index contributed by atoms with van der Waals surface area (Å²) in [4.78, 5) is 33.4. The van der Waals surface area contributed by atoms with E-state index in [0.29, 0.717) is 32.7 Å². The standard InChI is InChI=1S/C19H27N5O3/c1-4-23(13-17-20-7-9-22(17)3)18(25)11-16-19(26)21-8-10-24(16)12-15-6-5-14(2)27-15/h5-7,9,16H,4,8,10-13H2,1-3H3,(H,21,26)/t16-/m0/s1. The highest BCUT2D eigenvalue weighted by Crippen LogP contribution is 2.17. The van der Waals surface area contributed by atoms with E-state index in [-0.39, 0.29) is 18.2 Å². The molecular weight excluding hydrogens is 346 g/mol. The van der Waals surface area contributed by atoms with Gasteiger partial charge in [0.15, 0.2) is 0 Å². The first-order valence-electron chi connectivity index (χ1n) is 9.29. The van der Waals surface area contributed by atoms with Gasteiger partial charge in [-0.2, -0.15) is 0 Å². The topological polar surface area (TPSA) is 83.6 Å². The van der Waals surface area contributed by atoms with Crippen molar-refractivity contribution in [1.82, 2.24) is 24.7 Å². The van der Waals surface area contributed by atoms with Crippen LogP contribution < -0.4 is 5.32 Å². The van der Waals surface area contributed by atoms with Crippen LogP contribution in [0.2, 0.25) is 0 Å². The third-order valence-electron chi connectivity index (χ3n) is 4.95. The number of rotatable bonds is 7. The first-order valence-corrected chi connectivity index (χ1v) is 9.29. The molecule has 1 saturated heterocycles. The number of nitrogens with one attached hydrogen (secondary N) is 1. The highest BCUT2D eigenvalue weighted by Gasteiger charge is 2.33. The molecule has 1 fully saturated rings. The van der Waals surface area contributed by atoms with Gasteiger partial charge in [0.2, 0.25) is 11.8 Å². The molecule has 1 atom stereocenters. The van der Waals surface area contributed by atoms with Gasteiger partial charge in [0, 0.05) is 39.1 Å². The SMILES string of the molecule is CCN(Cc1nccn1C)C(=O)C[C@H]1C(=O)NCCN1Cc1ccc(C)o1. The number of aromatic nitrogens is 2. The fraction of sp³-hybridized carbons (Fsp3) is 0.526. The van der Waals surface area contributed by atoms with Crippen LogP contribution in [0.4, 0.5) is 0 Å². The third kappa shape index (κ3) is 4.57. The quantitative estimate of drug-likeness (QED) is 0.785. The average Bonchev–Trinajstić information content (AvgIpc) is 3.23. The van der Waals surface area contributed by atoms with Gasteiger partial charge >= 0.3 is 0 Å². The molecule has 3 rings (SSSR count). The average molecular weight is 373 g/mol. The molecule has 27 heavy (non-hydrogen) atoms. The van der Waals surface area contributed by atoms with Crippen LogP contribution in [-0.4, -0.2) is 56.8 Å². The molecule has 2 aromatic rings. The monoisotopic (exact) mass is 373 g/mol. The van der Waals surface area contributed by atoms with Crippen molar-refractivity contribution < 1.29 is 14.0 Å². The van der Waals surface area contributed by atoms with Gasteiger partial charge in [-0.25, -0.2) is 4.98 Å². The second-order valence-electron chi connectivity index (χ2n) is 6.86. The number of hydrogen-bond acceptors (Lipinski definition) is 5. The van der Waals surface area contributed by atoms with Gasteiger partial charge in [0.25, 0.3) is 0 Å². The zero-order chi connectivity index (χ0) is 19.4. The lowest BCUT2D eigenvalue weighted by atomic mass is 10.1. The Morgan fingerprint density at radius 2 is 2.26 bits per heavy atom. The van der Waals surface area contributed by atoms with Gasteiger partial charge in [-0.3, -0.25) is 14.5 Å². The summed E-state index contributed by atoms with van der Waals surface area (Å²) in [5, 5.41) is 2.87. The molecule has 8 nitrogen and oxygen atoms in total. The maximum absolute atomic E-state index is 12.9. The summed E-state index contributed by atoms with van der Waals surface area (Å²) in [7, 11) is 1.91. The Bertz CT molecular complexity index is 797. The number of piperazine rings is 1. The van der Waals surface area contributed by atoms with Crippen molar-refractivity contribution in [2.75, 3.05) is 19.6 Å². The van der Waals surface area contributed by atoms with Crippen molar-refractivity contribution in [3.8, 4) is 0 Å². The molecule has 1 N–H and O–H groups in total. The lowest BCUT2D eigenvalue weighted by Crippen LogP contribution is -2.56. The van der Waals surface area contributed by atoms with E-state index in [0.717, 1.165) is 17.3 Å². The predicted octanol–water partition coefficient (Wildman–Crippen LogP) is 1.06. The summed E-state index contributed by atoms with van der Waals surface area (Å²) in [5.74, 6) is 2.31. The van der Waals surface area contributed by atoms with Crippen molar-refractivity contribution in [3.63, 3.8) is 0 Å². The molecule has 3 heterocycles. The molecule has 1 aliphatic heterocycles. The molecule has 0 radical (unpaired) electrons. The molecule has 2 aromatic heterocycles. The van der Waals surface area contributed by atoms with Gasteiger partial charge < -0.3 is 19.2 Å². The van der Waals surface area contributed by atoms with Crippen molar-refractivity contribution in [2.45, 2.75) is 39.4 Å². The summed E-state index contributed by atoms with van der Waals surface area (Å²) in [5.41, 5.74) is 0. The van der Waals surface area contributed by atoms with Gasteiger partial charge in [0.05, 0.1) is 25.6 Å². The molecule has 0 aromatic carbocycles. The minimum Gasteiger partial charge on any atom is -0.465 e. The predicted molar refractivity (Wildman–Crippen MR) is 99.6 cm³/mol. The largest absolute Gasteiger partial charge is 0.465 e.